The minimum atomic E-state index is -0.689. The summed E-state index contributed by atoms with van der Waals surface area (Å²) in [6, 6.07) is 5.52. The van der Waals surface area contributed by atoms with Crippen molar-refractivity contribution in [2.45, 2.75) is 0 Å². The highest BCUT2D eigenvalue weighted by Gasteiger charge is 2.24. The Morgan fingerprint density at radius 3 is 1.97 bits per heavy atom. The fraction of sp³-hybridized carbons (Fsp3) is 0.250. The number of carbonyl (C=O) groups excluding carboxylic acids is 3. The zero-order valence-electron chi connectivity index (χ0n) is 17.0. The molecule has 0 fully saturated rings. The molecule has 0 aromatic heterocycles. The first-order chi connectivity index (χ1) is 14.3. The van der Waals surface area contributed by atoms with Crippen molar-refractivity contribution in [2.24, 2.45) is 0 Å². The van der Waals surface area contributed by atoms with Gasteiger partial charge in [0.2, 0.25) is 5.75 Å². The van der Waals surface area contributed by atoms with E-state index in [0.717, 1.165) is 0 Å². The van der Waals surface area contributed by atoms with E-state index in [1.807, 2.05) is 0 Å². The number of hydrogen-bond donors (Lipinski definition) is 1. The molecule has 9 nitrogen and oxygen atoms in total. The zero-order chi connectivity index (χ0) is 22.4. The summed E-state index contributed by atoms with van der Waals surface area (Å²) in [5, 5.41) is 2.61. The fourth-order valence-corrected chi connectivity index (χ4v) is 3.29. The van der Waals surface area contributed by atoms with Crippen LogP contribution in [0.5, 0.6) is 17.2 Å². The van der Waals surface area contributed by atoms with Crippen LogP contribution in [0, 0.1) is 0 Å². The number of carbonyl (C=O) groups is 3. The summed E-state index contributed by atoms with van der Waals surface area (Å²) in [6.45, 7) is 0. The van der Waals surface area contributed by atoms with Crippen molar-refractivity contribution < 1.29 is 38.1 Å². The molecule has 2 aromatic rings. The highest BCUT2D eigenvalue weighted by molar-refractivity contribution is 9.10. The van der Waals surface area contributed by atoms with Gasteiger partial charge in [0.15, 0.2) is 11.5 Å². The first kappa shape index (κ1) is 23.0. The number of anilines is 1. The Hall–Kier alpha value is -3.27. The number of esters is 2. The quantitative estimate of drug-likeness (QED) is 0.599. The molecule has 0 unspecified atom stereocenters. The van der Waals surface area contributed by atoms with Gasteiger partial charge in [-0.25, -0.2) is 9.59 Å². The monoisotopic (exact) mass is 481 g/mol. The summed E-state index contributed by atoms with van der Waals surface area (Å²) in [7, 11) is 6.70. The van der Waals surface area contributed by atoms with Crippen molar-refractivity contribution in [1.29, 1.82) is 0 Å². The summed E-state index contributed by atoms with van der Waals surface area (Å²) in [4.78, 5) is 37.0. The minimum Gasteiger partial charge on any atom is -0.493 e. The number of rotatable bonds is 7. The van der Waals surface area contributed by atoms with Gasteiger partial charge in [0.05, 0.1) is 62.4 Å². The van der Waals surface area contributed by atoms with Crippen molar-refractivity contribution >= 4 is 39.5 Å². The maximum absolute atomic E-state index is 13.0. The van der Waals surface area contributed by atoms with Crippen LogP contribution in [0.3, 0.4) is 0 Å². The first-order valence-electron chi connectivity index (χ1n) is 8.43. The van der Waals surface area contributed by atoms with Crippen LogP contribution in [0.2, 0.25) is 0 Å². The average molecular weight is 482 g/mol. The highest BCUT2D eigenvalue weighted by atomic mass is 79.9. The molecule has 0 saturated heterocycles. The van der Waals surface area contributed by atoms with Crippen LogP contribution < -0.4 is 19.5 Å². The molecule has 0 aliphatic rings. The van der Waals surface area contributed by atoms with Crippen LogP contribution in [0.25, 0.3) is 0 Å². The second kappa shape index (κ2) is 9.97. The SMILES string of the molecule is COC(=O)c1ccc(C(=O)OC)c(NC(=O)c2cc(OC)c(OC)c(OC)c2Br)c1. The number of hydrogen-bond acceptors (Lipinski definition) is 8. The zero-order valence-corrected chi connectivity index (χ0v) is 18.5. The van der Waals surface area contributed by atoms with Gasteiger partial charge >= 0.3 is 11.9 Å². The maximum atomic E-state index is 13.0. The lowest BCUT2D eigenvalue weighted by molar-refractivity contribution is 0.0587. The third-order valence-corrected chi connectivity index (χ3v) is 4.90. The molecule has 0 aliphatic heterocycles. The van der Waals surface area contributed by atoms with Crippen LogP contribution in [0.1, 0.15) is 31.1 Å². The molecule has 10 heteroatoms. The van der Waals surface area contributed by atoms with E-state index in [0.29, 0.717) is 10.2 Å². The molecule has 30 heavy (non-hydrogen) atoms. The topological polar surface area (TPSA) is 109 Å². The smallest absolute Gasteiger partial charge is 0.339 e. The summed E-state index contributed by atoms with van der Waals surface area (Å²) in [5.41, 5.74) is 0.408. The largest absolute Gasteiger partial charge is 0.493 e. The third kappa shape index (κ3) is 4.48. The van der Waals surface area contributed by atoms with Gasteiger partial charge in [-0.15, -0.1) is 0 Å². The molecule has 0 heterocycles. The molecule has 0 bridgehead atoms. The van der Waals surface area contributed by atoms with Gasteiger partial charge in [-0.2, -0.15) is 0 Å². The second-order valence-corrected chi connectivity index (χ2v) is 6.50. The fourth-order valence-electron chi connectivity index (χ4n) is 2.66. The van der Waals surface area contributed by atoms with Gasteiger partial charge in [-0.3, -0.25) is 4.79 Å². The predicted octanol–water partition coefficient (Wildman–Crippen LogP) is 3.30. The maximum Gasteiger partial charge on any atom is 0.339 e. The van der Waals surface area contributed by atoms with Gasteiger partial charge in [-0.1, -0.05) is 0 Å². The molecule has 160 valence electrons. The Bertz CT molecular complexity index is 989. The summed E-state index contributed by atoms with van der Waals surface area (Å²) in [5.74, 6) is -1.11. The molecular weight excluding hydrogens is 462 g/mol. The van der Waals surface area contributed by atoms with E-state index >= 15 is 0 Å². The van der Waals surface area contributed by atoms with E-state index in [4.69, 9.17) is 23.7 Å². The highest BCUT2D eigenvalue weighted by Crippen LogP contribution is 2.44. The van der Waals surface area contributed by atoms with Gasteiger partial charge in [-0.05, 0) is 40.2 Å². The lowest BCUT2D eigenvalue weighted by Crippen LogP contribution is -2.17. The lowest BCUT2D eigenvalue weighted by atomic mass is 10.1. The Morgan fingerprint density at radius 1 is 0.800 bits per heavy atom. The van der Waals surface area contributed by atoms with Gasteiger partial charge in [0.25, 0.3) is 5.91 Å². The van der Waals surface area contributed by atoms with Crippen LogP contribution in [0.15, 0.2) is 28.7 Å². The summed E-state index contributed by atoms with van der Waals surface area (Å²) in [6.07, 6.45) is 0. The van der Waals surface area contributed by atoms with E-state index in [-0.39, 0.29) is 33.9 Å². The van der Waals surface area contributed by atoms with Crippen LogP contribution in [0.4, 0.5) is 5.69 Å². The summed E-state index contributed by atoms with van der Waals surface area (Å²) >= 11 is 3.33. The van der Waals surface area contributed by atoms with Gasteiger partial charge < -0.3 is 29.0 Å². The van der Waals surface area contributed by atoms with Crippen molar-refractivity contribution in [3.8, 4) is 17.2 Å². The lowest BCUT2D eigenvalue weighted by Gasteiger charge is -2.17. The Labute approximate surface area is 181 Å². The minimum absolute atomic E-state index is 0.0575. The number of methoxy groups -OCH3 is 5. The van der Waals surface area contributed by atoms with E-state index < -0.39 is 17.8 Å². The Balaban J connectivity index is 2.56. The molecule has 1 amide bonds. The Morgan fingerprint density at radius 2 is 1.43 bits per heavy atom. The Kier molecular flexibility index (Phi) is 7.65. The molecule has 0 saturated carbocycles. The average Bonchev–Trinajstić information content (AvgIpc) is 2.77. The molecular formula is C20H20BrNO8. The van der Waals surface area contributed by atoms with E-state index in [2.05, 4.69) is 21.2 Å². The molecule has 1 N–H and O–H groups in total. The van der Waals surface area contributed by atoms with E-state index in [9.17, 15) is 14.4 Å². The van der Waals surface area contributed by atoms with Crippen LogP contribution in [-0.2, 0) is 9.47 Å². The first-order valence-corrected chi connectivity index (χ1v) is 9.22. The second-order valence-electron chi connectivity index (χ2n) is 5.70. The van der Waals surface area contributed by atoms with Crippen molar-refractivity contribution in [3.05, 3.63) is 45.4 Å². The molecule has 0 aliphatic carbocycles. The third-order valence-electron chi connectivity index (χ3n) is 4.11. The van der Waals surface area contributed by atoms with Crippen molar-refractivity contribution in [1.82, 2.24) is 0 Å². The number of nitrogens with one attached hydrogen (secondary N) is 1. The van der Waals surface area contributed by atoms with Crippen molar-refractivity contribution in [3.63, 3.8) is 0 Å². The normalized spacial score (nSPS) is 10.1. The number of ether oxygens (including phenoxy) is 5. The van der Waals surface area contributed by atoms with Gasteiger partial charge in [0, 0.05) is 0 Å². The predicted molar refractivity (Wildman–Crippen MR) is 111 cm³/mol. The standard InChI is InChI=1S/C20H20BrNO8/c1-26-14-9-12(15(21)17(28-3)16(14)27-2)18(23)22-13-8-10(19(24)29-4)6-7-11(13)20(25)30-5/h6-9H,1-5H3,(H,22,23). The number of halogens is 1. The van der Waals surface area contributed by atoms with Crippen molar-refractivity contribution in [2.75, 3.05) is 40.9 Å². The molecule has 2 rings (SSSR count). The van der Waals surface area contributed by atoms with E-state index in [1.165, 1.54) is 59.8 Å². The van der Waals surface area contributed by atoms with Crippen LogP contribution >= 0.6 is 15.9 Å². The molecule has 0 radical (unpaired) electrons. The molecule has 0 atom stereocenters. The van der Waals surface area contributed by atoms with Crippen LogP contribution in [-0.4, -0.2) is 53.4 Å². The molecule has 2 aromatic carbocycles. The number of benzene rings is 2. The number of amides is 1. The van der Waals surface area contributed by atoms with E-state index in [1.54, 1.807) is 0 Å². The summed E-state index contributed by atoms with van der Waals surface area (Å²) < 4.78 is 25.6. The van der Waals surface area contributed by atoms with Gasteiger partial charge in [0.1, 0.15) is 0 Å². The molecule has 0 spiro atoms.